The first-order valence-electron chi connectivity index (χ1n) is 7.50. The van der Waals surface area contributed by atoms with E-state index >= 15 is 0 Å². The molecule has 118 valence electrons. The summed E-state index contributed by atoms with van der Waals surface area (Å²) in [5.74, 6) is 0. The van der Waals surface area contributed by atoms with Crippen molar-refractivity contribution in [3.05, 3.63) is 80.0 Å². The van der Waals surface area contributed by atoms with Crippen molar-refractivity contribution < 1.29 is 0 Å². The Morgan fingerprint density at radius 3 is 2.38 bits per heavy atom. The summed E-state index contributed by atoms with van der Waals surface area (Å²) in [4.78, 5) is 15.3. The van der Waals surface area contributed by atoms with Crippen LogP contribution < -0.4 is 5.56 Å². The number of pyridine rings is 1. The molecule has 0 bridgehead atoms. The molecule has 1 N–H and O–H groups in total. The van der Waals surface area contributed by atoms with Crippen LogP contribution >= 0.6 is 15.9 Å². The van der Waals surface area contributed by atoms with Crippen LogP contribution in [0.5, 0.6) is 0 Å². The van der Waals surface area contributed by atoms with Gasteiger partial charge in [0.25, 0.3) is 5.56 Å². The van der Waals surface area contributed by atoms with Crippen LogP contribution in [0.1, 0.15) is 16.7 Å². The number of benzene rings is 2. The predicted octanol–water partition coefficient (Wildman–Crippen LogP) is 4.96. The first kappa shape index (κ1) is 16.2. The molecule has 1 aromatic heterocycles. The molecule has 3 aromatic rings. The quantitative estimate of drug-likeness (QED) is 0.684. The highest BCUT2D eigenvalue weighted by Gasteiger charge is 2.13. The van der Waals surface area contributed by atoms with Crippen LogP contribution in [0.2, 0.25) is 0 Å². The second kappa shape index (κ2) is 6.46. The minimum absolute atomic E-state index is 0.131. The first-order valence-corrected chi connectivity index (χ1v) is 8.30. The second-order valence-electron chi connectivity index (χ2n) is 5.74. The Hall–Kier alpha value is -2.64. The molecule has 1 heterocycles. The molecule has 0 aliphatic rings. The number of H-pyrrole nitrogens is 1. The minimum Gasteiger partial charge on any atom is -0.321 e. The highest BCUT2D eigenvalue weighted by atomic mass is 79.9. The van der Waals surface area contributed by atoms with Crippen molar-refractivity contribution in [1.29, 1.82) is 5.26 Å². The van der Waals surface area contributed by atoms with Crippen LogP contribution in [-0.2, 0) is 0 Å². The van der Waals surface area contributed by atoms with Gasteiger partial charge in [0, 0.05) is 21.3 Å². The van der Waals surface area contributed by atoms with Gasteiger partial charge in [-0.05, 0) is 49.2 Å². The summed E-state index contributed by atoms with van der Waals surface area (Å²) >= 11 is 3.40. The molecular weight excluding hydrogens is 364 g/mol. The van der Waals surface area contributed by atoms with Crippen LogP contribution in [0.4, 0.5) is 0 Å². The van der Waals surface area contributed by atoms with Gasteiger partial charge in [0.15, 0.2) is 0 Å². The Labute approximate surface area is 148 Å². The SMILES string of the molecule is Cc1ccc(C)c(-c2cc(-c3ccc(Br)cc3)c(C#N)c(=O)[nH]2)c1. The van der Waals surface area contributed by atoms with Crippen LogP contribution in [0, 0.1) is 25.2 Å². The van der Waals surface area contributed by atoms with Gasteiger partial charge < -0.3 is 4.98 Å². The average Bonchev–Trinajstić information content (AvgIpc) is 2.57. The summed E-state index contributed by atoms with van der Waals surface area (Å²) in [6, 6.07) is 17.6. The lowest BCUT2D eigenvalue weighted by molar-refractivity contribution is 1.21. The smallest absolute Gasteiger partial charge is 0.266 e. The Morgan fingerprint density at radius 2 is 1.71 bits per heavy atom. The number of hydrogen-bond donors (Lipinski definition) is 1. The van der Waals surface area contributed by atoms with Crippen molar-refractivity contribution in [1.82, 2.24) is 4.98 Å². The van der Waals surface area contributed by atoms with E-state index in [0.717, 1.165) is 32.4 Å². The number of aromatic amines is 1. The van der Waals surface area contributed by atoms with Crippen LogP contribution in [-0.4, -0.2) is 4.98 Å². The third-order valence-electron chi connectivity index (χ3n) is 3.98. The summed E-state index contributed by atoms with van der Waals surface area (Å²) in [5.41, 5.74) is 5.12. The lowest BCUT2D eigenvalue weighted by Crippen LogP contribution is -2.13. The van der Waals surface area contributed by atoms with E-state index in [-0.39, 0.29) is 11.1 Å². The Kier molecular flexibility index (Phi) is 4.37. The van der Waals surface area contributed by atoms with Crippen molar-refractivity contribution >= 4 is 15.9 Å². The molecule has 0 atom stereocenters. The fraction of sp³-hybridized carbons (Fsp3) is 0.100. The Morgan fingerprint density at radius 1 is 1.00 bits per heavy atom. The molecular formula is C20H15BrN2O. The molecule has 0 saturated heterocycles. The lowest BCUT2D eigenvalue weighted by atomic mass is 9.97. The van der Waals surface area contributed by atoms with E-state index in [1.807, 2.05) is 68.4 Å². The molecule has 2 aromatic carbocycles. The zero-order valence-corrected chi connectivity index (χ0v) is 14.9. The maximum Gasteiger partial charge on any atom is 0.266 e. The summed E-state index contributed by atoms with van der Waals surface area (Å²) in [7, 11) is 0. The highest BCUT2D eigenvalue weighted by molar-refractivity contribution is 9.10. The number of nitrogens with one attached hydrogen (secondary N) is 1. The number of nitrogens with zero attached hydrogens (tertiary/aromatic N) is 1. The standard InChI is InChI=1S/C20H15BrN2O/c1-12-3-4-13(2)16(9-12)19-10-17(18(11-22)20(24)23-19)14-5-7-15(21)8-6-14/h3-10H,1-2H3,(H,23,24). The molecule has 4 heteroatoms. The van der Waals surface area contributed by atoms with Gasteiger partial charge in [-0.1, -0.05) is 45.8 Å². The van der Waals surface area contributed by atoms with Gasteiger partial charge in [0.2, 0.25) is 0 Å². The molecule has 24 heavy (non-hydrogen) atoms. The maximum atomic E-state index is 12.4. The van der Waals surface area contributed by atoms with Crippen molar-refractivity contribution in [2.24, 2.45) is 0 Å². The maximum absolute atomic E-state index is 12.4. The highest BCUT2D eigenvalue weighted by Crippen LogP contribution is 2.29. The molecule has 0 saturated carbocycles. The summed E-state index contributed by atoms with van der Waals surface area (Å²) < 4.78 is 0.948. The molecule has 0 spiro atoms. The number of aromatic nitrogens is 1. The normalized spacial score (nSPS) is 10.4. The fourth-order valence-corrected chi connectivity index (χ4v) is 2.96. The van der Waals surface area contributed by atoms with Gasteiger partial charge in [-0.3, -0.25) is 4.79 Å². The van der Waals surface area contributed by atoms with Gasteiger partial charge in [-0.2, -0.15) is 5.26 Å². The summed E-state index contributed by atoms with van der Waals surface area (Å²) in [6.45, 7) is 4.02. The molecule has 0 unspecified atom stereocenters. The molecule has 0 fully saturated rings. The number of hydrogen-bond acceptors (Lipinski definition) is 2. The van der Waals surface area contributed by atoms with Gasteiger partial charge >= 0.3 is 0 Å². The zero-order chi connectivity index (χ0) is 17.3. The van der Waals surface area contributed by atoms with Gasteiger partial charge in [0.05, 0.1) is 0 Å². The Balaban J connectivity index is 2.28. The topological polar surface area (TPSA) is 56.6 Å². The zero-order valence-electron chi connectivity index (χ0n) is 13.4. The molecule has 0 amide bonds. The number of nitriles is 1. The van der Waals surface area contributed by atoms with Gasteiger partial charge in [-0.25, -0.2) is 0 Å². The minimum atomic E-state index is -0.367. The number of aryl methyl sites for hydroxylation is 2. The third-order valence-corrected chi connectivity index (χ3v) is 4.51. The lowest BCUT2D eigenvalue weighted by Gasteiger charge is -2.11. The van der Waals surface area contributed by atoms with E-state index in [1.165, 1.54) is 0 Å². The molecule has 0 aliphatic carbocycles. The van der Waals surface area contributed by atoms with E-state index in [4.69, 9.17) is 0 Å². The molecule has 0 aliphatic heterocycles. The number of halogens is 1. The average molecular weight is 379 g/mol. The Bertz CT molecular complexity index is 1010. The van der Waals surface area contributed by atoms with E-state index in [1.54, 1.807) is 0 Å². The predicted molar refractivity (Wildman–Crippen MR) is 99.8 cm³/mol. The monoisotopic (exact) mass is 378 g/mol. The van der Waals surface area contributed by atoms with E-state index in [2.05, 4.69) is 20.9 Å². The van der Waals surface area contributed by atoms with Crippen LogP contribution in [0.3, 0.4) is 0 Å². The largest absolute Gasteiger partial charge is 0.321 e. The van der Waals surface area contributed by atoms with Crippen molar-refractivity contribution in [2.45, 2.75) is 13.8 Å². The van der Waals surface area contributed by atoms with E-state index < -0.39 is 0 Å². The second-order valence-corrected chi connectivity index (χ2v) is 6.65. The fourth-order valence-electron chi connectivity index (χ4n) is 2.70. The van der Waals surface area contributed by atoms with Crippen molar-refractivity contribution in [3.63, 3.8) is 0 Å². The molecule has 3 rings (SSSR count). The molecule has 0 radical (unpaired) electrons. The summed E-state index contributed by atoms with van der Waals surface area (Å²) in [6.07, 6.45) is 0. The third kappa shape index (κ3) is 3.04. The van der Waals surface area contributed by atoms with Gasteiger partial charge in [-0.15, -0.1) is 0 Å². The van der Waals surface area contributed by atoms with E-state index in [0.29, 0.717) is 5.56 Å². The van der Waals surface area contributed by atoms with Crippen molar-refractivity contribution in [2.75, 3.05) is 0 Å². The van der Waals surface area contributed by atoms with Crippen molar-refractivity contribution in [3.8, 4) is 28.5 Å². The van der Waals surface area contributed by atoms with Gasteiger partial charge in [0.1, 0.15) is 11.6 Å². The first-order chi connectivity index (χ1) is 11.5. The van der Waals surface area contributed by atoms with Crippen LogP contribution in [0.15, 0.2) is 57.8 Å². The van der Waals surface area contributed by atoms with E-state index in [9.17, 15) is 10.1 Å². The van der Waals surface area contributed by atoms with Crippen LogP contribution in [0.25, 0.3) is 22.4 Å². The summed E-state index contributed by atoms with van der Waals surface area (Å²) in [5, 5.41) is 9.40. The molecule has 3 nitrogen and oxygen atoms in total. The number of rotatable bonds is 2.